The monoisotopic (exact) mass is 328 g/mol. The van der Waals surface area contributed by atoms with Crippen LogP contribution in [0.2, 0.25) is 5.02 Å². The highest BCUT2D eigenvalue weighted by atomic mass is 35.5. The molecule has 0 aliphatic heterocycles. The van der Waals surface area contributed by atoms with Gasteiger partial charge in [-0.3, -0.25) is 0 Å². The normalized spacial score (nSPS) is 11.3. The SMILES string of the molecule is CN(C)CCOc1cn(Cc2ccccc2)c2cc(Cl)ccc12. The molecule has 3 rings (SSSR count). The second kappa shape index (κ2) is 7.07. The zero-order valence-corrected chi connectivity index (χ0v) is 14.3. The van der Waals surface area contributed by atoms with Gasteiger partial charge in [0.15, 0.2) is 0 Å². The smallest absolute Gasteiger partial charge is 0.144 e. The van der Waals surface area contributed by atoms with Crippen molar-refractivity contribution < 1.29 is 4.74 Å². The third-order valence-corrected chi connectivity index (χ3v) is 4.03. The Kier molecular flexibility index (Phi) is 4.89. The topological polar surface area (TPSA) is 17.4 Å². The van der Waals surface area contributed by atoms with Gasteiger partial charge in [0.05, 0.1) is 5.52 Å². The highest BCUT2D eigenvalue weighted by Crippen LogP contribution is 2.31. The van der Waals surface area contributed by atoms with Gasteiger partial charge < -0.3 is 14.2 Å². The Balaban J connectivity index is 1.92. The van der Waals surface area contributed by atoms with Crippen molar-refractivity contribution in [1.29, 1.82) is 0 Å². The van der Waals surface area contributed by atoms with Gasteiger partial charge in [0.1, 0.15) is 12.4 Å². The number of nitrogens with zero attached hydrogens (tertiary/aromatic N) is 2. The zero-order chi connectivity index (χ0) is 16.2. The van der Waals surface area contributed by atoms with E-state index in [1.807, 2.05) is 38.4 Å². The van der Waals surface area contributed by atoms with Crippen molar-refractivity contribution in [3.63, 3.8) is 0 Å². The van der Waals surface area contributed by atoms with E-state index in [1.165, 1.54) is 5.56 Å². The molecule has 1 heterocycles. The molecule has 0 saturated heterocycles. The van der Waals surface area contributed by atoms with E-state index in [-0.39, 0.29) is 0 Å². The summed E-state index contributed by atoms with van der Waals surface area (Å²) in [6.45, 7) is 2.35. The Morgan fingerprint density at radius 1 is 1.09 bits per heavy atom. The summed E-state index contributed by atoms with van der Waals surface area (Å²) in [6.07, 6.45) is 2.07. The largest absolute Gasteiger partial charge is 0.490 e. The van der Waals surface area contributed by atoms with Crippen molar-refractivity contribution in [3.8, 4) is 5.75 Å². The minimum absolute atomic E-state index is 0.667. The molecule has 4 heteroatoms. The van der Waals surface area contributed by atoms with Gasteiger partial charge in [-0.05, 0) is 37.9 Å². The second-order valence-corrected chi connectivity index (χ2v) is 6.36. The molecule has 120 valence electrons. The molecule has 0 spiro atoms. The first-order valence-electron chi connectivity index (χ1n) is 7.73. The van der Waals surface area contributed by atoms with Gasteiger partial charge in [-0.15, -0.1) is 0 Å². The summed E-state index contributed by atoms with van der Waals surface area (Å²) in [4.78, 5) is 2.11. The number of hydrogen-bond acceptors (Lipinski definition) is 2. The highest BCUT2D eigenvalue weighted by Gasteiger charge is 2.11. The summed E-state index contributed by atoms with van der Waals surface area (Å²) in [7, 11) is 4.09. The molecule has 0 bridgehead atoms. The summed E-state index contributed by atoms with van der Waals surface area (Å²) >= 11 is 6.19. The first-order valence-corrected chi connectivity index (χ1v) is 8.11. The number of halogens is 1. The van der Waals surface area contributed by atoms with Crippen LogP contribution in [0.3, 0.4) is 0 Å². The fourth-order valence-corrected chi connectivity index (χ4v) is 2.76. The van der Waals surface area contributed by atoms with Gasteiger partial charge in [0.25, 0.3) is 0 Å². The van der Waals surface area contributed by atoms with E-state index in [2.05, 4.69) is 39.9 Å². The predicted molar refractivity (Wildman–Crippen MR) is 96.5 cm³/mol. The summed E-state index contributed by atoms with van der Waals surface area (Å²) in [5.74, 6) is 0.912. The number of rotatable bonds is 6. The van der Waals surface area contributed by atoms with E-state index in [0.717, 1.165) is 34.8 Å². The molecule has 1 aromatic heterocycles. The molecule has 0 saturated carbocycles. The van der Waals surface area contributed by atoms with E-state index >= 15 is 0 Å². The molecular formula is C19H21ClN2O. The summed E-state index contributed by atoms with van der Waals surface area (Å²) in [5, 5.41) is 1.84. The van der Waals surface area contributed by atoms with Crippen molar-refractivity contribution >= 4 is 22.5 Å². The van der Waals surface area contributed by atoms with Gasteiger partial charge in [0.2, 0.25) is 0 Å². The molecule has 23 heavy (non-hydrogen) atoms. The fraction of sp³-hybridized carbons (Fsp3) is 0.263. The molecule has 0 N–H and O–H groups in total. The maximum atomic E-state index is 6.19. The van der Waals surface area contributed by atoms with Crippen LogP contribution in [0.1, 0.15) is 5.56 Å². The lowest BCUT2D eigenvalue weighted by Gasteiger charge is -2.10. The molecule has 0 radical (unpaired) electrons. The van der Waals surface area contributed by atoms with Gasteiger partial charge >= 0.3 is 0 Å². The lowest BCUT2D eigenvalue weighted by Crippen LogP contribution is -2.19. The first kappa shape index (κ1) is 15.9. The first-order chi connectivity index (χ1) is 11.1. The molecule has 2 aromatic carbocycles. The van der Waals surface area contributed by atoms with E-state index in [9.17, 15) is 0 Å². The van der Waals surface area contributed by atoms with Crippen LogP contribution in [0, 0.1) is 0 Å². The van der Waals surface area contributed by atoms with Crippen LogP contribution >= 0.6 is 11.6 Å². The van der Waals surface area contributed by atoms with Gasteiger partial charge in [-0.1, -0.05) is 41.9 Å². The van der Waals surface area contributed by atoms with Crippen LogP contribution in [0.5, 0.6) is 5.75 Å². The van der Waals surface area contributed by atoms with E-state index < -0.39 is 0 Å². The van der Waals surface area contributed by atoms with Gasteiger partial charge in [0, 0.05) is 29.7 Å². The Morgan fingerprint density at radius 2 is 1.87 bits per heavy atom. The standard InChI is InChI=1S/C19H21ClN2O/c1-21(2)10-11-23-19-14-22(13-15-6-4-3-5-7-15)18-12-16(20)8-9-17(18)19/h3-9,12,14H,10-11,13H2,1-2H3. The van der Waals surface area contributed by atoms with Crippen molar-refractivity contribution in [2.75, 3.05) is 27.2 Å². The molecule has 0 unspecified atom stereocenters. The Hall–Kier alpha value is -1.97. The van der Waals surface area contributed by atoms with Crippen molar-refractivity contribution in [1.82, 2.24) is 9.47 Å². The fourth-order valence-electron chi connectivity index (χ4n) is 2.60. The van der Waals surface area contributed by atoms with Crippen LogP contribution in [0.15, 0.2) is 54.7 Å². The lowest BCUT2D eigenvalue weighted by molar-refractivity contribution is 0.263. The maximum absolute atomic E-state index is 6.19. The van der Waals surface area contributed by atoms with E-state index in [4.69, 9.17) is 16.3 Å². The number of hydrogen-bond donors (Lipinski definition) is 0. The molecule has 0 amide bonds. The third-order valence-electron chi connectivity index (χ3n) is 3.80. The van der Waals surface area contributed by atoms with Crippen molar-refractivity contribution in [2.45, 2.75) is 6.54 Å². The summed E-state index contributed by atoms with van der Waals surface area (Å²) < 4.78 is 8.18. The molecule has 0 aliphatic rings. The predicted octanol–water partition coefficient (Wildman–Crippen LogP) is 4.28. The average molecular weight is 329 g/mol. The Morgan fingerprint density at radius 3 is 2.61 bits per heavy atom. The van der Waals surface area contributed by atoms with Crippen molar-refractivity contribution in [2.24, 2.45) is 0 Å². The Bertz CT molecular complexity index is 781. The molecule has 0 aliphatic carbocycles. The zero-order valence-electron chi connectivity index (χ0n) is 13.5. The lowest BCUT2D eigenvalue weighted by atomic mass is 10.2. The highest BCUT2D eigenvalue weighted by molar-refractivity contribution is 6.31. The van der Waals surface area contributed by atoms with Crippen LogP contribution in [-0.2, 0) is 6.54 Å². The third kappa shape index (κ3) is 3.87. The van der Waals surface area contributed by atoms with Crippen LogP contribution < -0.4 is 4.74 Å². The summed E-state index contributed by atoms with van der Waals surface area (Å²) in [6, 6.07) is 16.3. The average Bonchev–Trinajstić information content (AvgIpc) is 2.85. The van der Waals surface area contributed by atoms with Crippen LogP contribution in [-0.4, -0.2) is 36.7 Å². The number of ether oxygens (including phenoxy) is 1. The van der Waals surface area contributed by atoms with Crippen LogP contribution in [0.25, 0.3) is 10.9 Å². The van der Waals surface area contributed by atoms with Gasteiger partial charge in [-0.2, -0.15) is 0 Å². The van der Waals surface area contributed by atoms with Gasteiger partial charge in [-0.25, -0.2) is 0 Å². The second-order valence-electron chi connectivity index (χ2n) is 5.92. The molecule has 0 fully saturated rings. The van der Waals surface area contributed by atoms with E-state index in [0.29, 0.717) is 6.61 Å². The maximum Gasteiger partial charge on any atom is 0.144 e. The number of likely N-dealkylation sites (N-methyl/N-ethyl adjacent to an activating group) is 1. The minimum Gasteiger partial charge on any atom is -0.490 e. The minimum atomic E-state index is 0.667. The van der Waals surface area contributed by atoms with Crippen LogP contribution in [0.4, 0.5) is 0 Å². The van der Waals surface area contributed by atoms with Crippen molar-refractivity contribution in [3.05, 3.63) is 65.3 Å². The number of aromatic nitrogens is 1. The Labute approximate surface area is 142 Å². The quantitative estimate of drug-likeness (QED) is 0.672. The van der Waals surface area contributed by atoms with E-state index in [1.54, 1.807) is 0 Å². The molecular weight excluding hydrogens is 308 g/mol. The molecule has 3 nitrogen and oxygen atoms in total. The number of fused-ring (bicyclic) bond motifs is 1. The summed E-state index contributed by atoms with van der Waals surface area (Å²) in [5.41, 5.74) is 2.35. The molecule has 0 atom stereocenters. The number of benzene rings is 2. The molecule has 3 aromatic rings.